The summed E-state index contributed by atoms with van der Waals surface area (Å²) in [6.45, 7) is 1.26. The van der Waals surface area contributed by atoms with Crippen molar-refractivity contribution in [3.05, 3.63) is 30.1 Å². The van der Waals surface area contributed by atoms with Crippen molar-refractivity contribution in [1.82, 2.24) is 10.6 Å². The molecular weight excluding hydrogens is 209 g/mol. The summed E-state index contributed by atoms with van der Waals surface area (Å²) in [6, 6.07) is 5.95. The second-order valence-electron chi connectivity index (χ2n) is 3.79. The zero-order chi connectivity index (χ0) is 11.5. The molecule has 0 aromatic heterocycles. The van der Waals surface area contributed by atoms with Crippen LogP contribution in [0.2, 0.25) is 0 Å². The minimum Gasteiger partial charge on any atom is -0.332 e. The highest BCUT2D eigenvalue weighted by atomic mass is 19.1. The Morgan fingerprint density at radius 2 is 2.44 bits per heavy atom. The number of carbonyl (C=O) groups excluding carboxylic acids is 1. The summed E-state index contributed by atoms with van der Waals surface area (Å²) in [5, 5.41) is 5.82. The highest BCUT2D eigenvalue weighted by Crippen LogP contribution is 2.18. The number of hydrogen-bond acceptors (Lipinski definition) is 2. The van der Waals surface area contributed by atoms with Crippen LogP contribution in [0, 0.1) is 5.82 Å². The Hall–Kier alpha value is -1.62. The lowest BCUT2D eigenvalue weighted by Crippen LogP contribution is -2.35. The number of nitrogens with zero attached hydrogens (tertiary/aromatic N) is 1. The number of likely N-dealkylation sites (N-methyl/N-ethyl adjacent to an activating group) is 1. The van der Waals surface area contributed by atoms with Gasteiger partial charge in [-0.1, -0.05) is 6.07 Å². The maximum absolute atomic E-state index is 13.0. The molecule has 1 saturated heterocycles. The average Bonchev–Trinajstić information content (AvgIpc) is 2.60. The van der Waals surface area contributed by atoms with E-state index >= 15 is 0 Å². The Balaban J connectivity index is 2.13. The van der Waals surface area contributed by atoms with Crippen LogP contribution in [0.4, 0.5) is 14.9 Å². The maximum atomic E-state index is 13.0. The first-order chi connectivity index (χ1) is 7.70. The zero-order valence-corrected chi connectivity index (χ0v) is 9.03. The summed E-state index contributed by atoms with van der Waals surface area (Å²) >= 11 is 0. The van der Waals surface area contributed by atoms with E-state index in [0.717, 1.165) is 0 Å². The van der Waals surface area contributed by atoms with Gasteiger partial charge in [-0.15, -0.1) is 0 Å². The van der Waals surface area contributed by atoms with Gasteiger partial charge in [0.1, 0.15) is 5.82 Å². The molecule has 1 unspecified atom stereocenters. The van der Waals surface area contributed by atoms with E-state index in [2.05, 4.69) is 10.6 Å². The fourth-order valence-electron chi connectivity index (χ4n) is 1.83. The summed E-state index contributed by atoms with van der Waals surface area (Å²) < 4.78 is 13.0. The molecule has 1 fully saturated rings. The third-order valence-corrected chi connectivity index (χ3v) is 2.55. The molecule has 0 radical (unpaired) electrons. The minimum absolute atomic E-state index is 0.0702. The molecule has 2 amide bonds. The first kappa shape index (κ1) is 10.9. The van der Waals surface area contributed by atoms with Crippen molar-refractivity contribution in [1.29, 1.82) is 0 Å². The smallest absolute Gasteiger partial charge is 0.322 e. The molecule has 86 valence electrons. The molecule has 1 aromatic carbocycles. The number of nitrogens with one attached hydrogen (secondary N) is 2. The number of amides is 2. The Kier molecular flexibility index (Phi) is 3.05. The Bertz CT molecular complexity index is 397. The van der Waals surface area contributed by atoms with E-state index in [1.807, 2.05) is 7.05 Å². The van der Waals surface area contributed by atoms with Crippen molar-refractivity contribution in [3.8, 4) is 0 Å². The van der Waals surface area contributed by atoms with Crippen LogP contribution >= 0.6 is 0 Å². The summed E-state index contributed by atoms with van der Waals surface area (Å²) in [5.74, 6) is -0.331. The molecule has 2 rings (SSSR count). The Morgan fingerprint density at radius 3 is 3.12 bits per heavy atom. The van der Waals surface area contributed by atoms with Gasteiger partial charge in [-0.25, -0.2) is 9.18 Å². The number of halogens is 1. The molecule has 0 spiro atoms. The zero-order valence-electron chi connectivity index (χ0n) is 9.03. The van der Waals surface area contributed by atoms with Crippen LogP contribution < -0.4 is 15.5 Å². The van der Waals surface area contributed by atoms with Crippen molar-refractivity contribution in [2.45, 2.75) is 6.04 Å². The van der Waals surface area contributed by atoms with Gasteiger partial charge in [-0.3, -0.25) is 4.90 Å². The fraction of sp³-hybridized carbons (Fsp3) is 0.364. The first-order valence-electron chi connectivity index (χ1n) is 5.19. The van der Waals surface area contributed by atoms with Gasteiger partial charge in [0.15, 0.2) is 0 Å². The summed E-state index contributed by atoms with van der Waals surface area (Å²) in [4.78, 5) is 13.2. The Morgan fingerprint density at radius 1 is 1.62 bits per heavy atom. The van der Waals surface area contributed by atoms with Crippen molar-refractivity contribution < 1.29 is 9.18 Å². The summed E-state index contributed by atoms with van der Waals surface area (Å²) in [7, 11) is 1.83. The van der Waals surface area contributed by atoms with Gasteiger partial charge in [0.2, 0.25) is 0 Å². The highest BCUT2D eigenvalue weighted by molar-refractivity contribution is 5.94. The normalized spacial score (nSPS) is 20.0. The lowest BCUT2D eigenvalue weighted by molar-refractivity contribution is 0.251. The van der Waals surface area contributed by atoms with E-state index in [0.29, 0.717) is 18.8 Å². The molecule has 1 heterocycles. The second kappa shape index (κ2) is 4.49. The topological polar surface area (TPSA) is 44.4 Å². The van der Waals surface area contributed by atoms with Crippen molar-refractivity contribution >= 4 is 11.7 Å². The van der Waals surface area contributed by atoms with E-state index in [1.165, 1.54) is 12.1 Å². The third kappa shape index (κ3) is 2.14. The van der Waals surface area contributed by atoms with Crippen LogP contribution in [-0.4, -0.2) is 32.2 Å². The van der Waals surface area contributed by atoms with Gasteiger partial charge in [0, 0.05) is 18.8 Å². The average molecular weight is 223 g/mol. The van der Waals surface area contributed by atoms with Crippen LogP contribution in [0.5, 0.6) is 0 Å². The lowest BCUT2D eigenvalue weighted by atomic mass is 10.2. The van der Waals surface area contributed by atoms with Gasteiger partial charge >= 0.3 is 6.03 Å². The molecule has 0 saturated carbocycles. The molecular formula is C11H14FN3O. The van der Waals surface area contributed by atoms with E-state index in [1.54, 1.807) is 17.0 Å². The van der Waals surface area contributed by atoms with E-state index in [-0.39, 0.29) is 17.9 Å². The molecule has 1 aliphatic heterocycles. The predicted octanol–water partition coefficient (Wildman–Crippen LogP) is 0.943. The number of carbonyl (C=O) groups is 1. The first-order valence-corrected chi connectivity index (χ1v) is 5.19. The fourth-order valence-corrected chi connectivity index (χ4v) is 1.83. The predicted molar refractivity (Wildman–Crippen MR) is 60.0 cm³/mol. The number of benzene rings is 1. The molecule has 4 nitrogen and oxygen atoms in total. The van der Waals surface area contributed by atoms with Crippen LogP contribution in [-0.2, 0) is 0 Å². The van der Waals surface area contributed by atoms with E-state index in [4.69, 9.17) is 0 Å². The molecule has 16 heavy (non-hydrogen) atoms. The number of hydrogen-bond donors (Lipinski definition) is 2. The van der Waals surface area contributed by atoms with Crippen LogP contribution in [0.3, 0.4) is 0 Å². The molecule has 2 N–H and O–H groups in total. The molecule has 0 aliphatic carbocycles. The summed E-state index contributed by atoms with van der Waals surface area (Å²) in [6.07, 6.45) is 0. The van der Waals surface area contributed by atoms with Crippen molar-refractivity contribution in [2.24, 2.45) is 0 Å². The number of rotatable bonds is 3. The maximum Gasteiger partial charge on any atom is 0.322 e. The van der Waals surface area contributed by atoms with Crippen molar-refractivity contribution in [3.63, 3.8) is 0 Å². The lowest BCUT2D eigenvalue weighted by Gasteiger charge is -2.14. The molecule has 5 heteroatoms. The number of anilines is 1. The minimum atomic E-state index is -0.331. The van der Waals surface area contributed by atoms with Gasteiger partial charge in [-0.2, -0.15) is 0 Å². The van der Waals surface area contributed by atoms with Gasteiger partial charge < -0.3 is 10.6 Å². The van der Waals surface area contributed by atoms with Crippen molar-refractivity contribution in [2.75, 3.05) is 25.0 Å². The van der Waals surface area contributed by atoms with Gasteiger partial charge in [0.05, 0.1) is 6.04 Å². The molecule has 1 aliphatic rings. The SMILES string of the molecule is CNCC1CN(c2cccc(F)c2)C(=O)N1. The van der Waals surface area contributed by atoms with E-state index in [9.17, 15) is 9.18 Å². The van der Waals surface area contributed by atoms with E-state index < -0.39 is 0 Å². The Labute approximate surface area is 93.4 Å². The molecule has 0 bridgehead atoms. The standard InChI is InChI=1S/C11H14FN3O/c1-13-6-9-7-15(11(16)14-9)10-4-2-3-8(12)5-10/h2-5,9,13H,6-7H2,1H3,(H,14,16). The van der Waals surface area contributed by atoms with Crippen LogP contribution in [0.15, 0.2) is 24.3 Å². The number of urea groups is 1. The largest absolute Gasteiger partial charge is 0.332 e. The molecule has 1 atom stereocenters. The quantitative estimate of drug-likeness (QED) is 0.801. The monoisotopic (exact) mass is 223 g/mol. The van der Waals surface area contributed by atoms with Gasteiger partial charge in [0.25, 0.3) is 0 Å². The highest BCUT2D eigenvalue weighted by Gasteiger charge is 2.29. The van der Waals surface area contributed by atoms with Crippen LogP contribution in [0.25, 0.3) is 0 Å². The van der Waals surface area contributed by atoms with Crippen LogP contribution in [0.1, 0.15) is 0 Å². The molecule has 1 aromatic rings. The third-order valence-electron chi connectivity index (χ3n) is 2.55. The second-order valence-corrected chi connectivity index (χ2v) is 3.79. The summed E-state index contributed by atoms with van der Waals surface area (Å²) in [5.41, 5.74) is 0.594. The van der Waals surface area contributed by atoms with Gasteiger partial charge in [-0.05, 0) is 25.2 Å².